The molecule has 3 N–H and O–H groups in total. The van der Waals surface area contributed by atoms with Crippen molar-refractivity contribution in [3.05, 3.63) is 35.9 Å². The lowest BCUT2D eigenvalue weighted by molar-refractivity contribution is 0.198. The molecule has 0 radical (unpaired) electrons. The Kier molecular flexibility index (Phi) is 5.86. The zero-order valence-electron chi connectivity index (χ0n) is 10.1. The van der Waals surface area contributed by atoms with Crippen LogP contribution in [-0.2, 0) is 15.3 Å². The smallest absolute Gasteiger partial charge is 0.210 e. The van der Waals surface area contributed by atoms with Crippen LogP contribution in [0.1, 0.15) is 12.5 Å². The van der Waals surface area contributed by atoms with Crippen LogP contribution in [0.3, 0.4) is 0 Å². The summed E-state index contributed by atoms with van der Waals surface area (Å²) < 4.78 is 17.9. The summed E-state index contributed by atoms with van der Waals surface area (Å²) in [5, 5.41) is 9.52. The minimum atomic E-state index is -2.84. The van der Waals surface area contributed by atoms with Crippen LogP contribution >= 0.6 is 7.37 Å². The summed E-state index contributed by atoms with van der Waals surface area (Å²) in [5.74, 6) is 0. The number of benzene rings is 1. The number of aliphatic hydroxyl groups excluding tert-OH is 1. The molecule has 96 valence electrons. The summed E-state index contributed by atoms with van der Waals surface area (Å²) in [6, 6.07) is 9.50. The van der Waals surface area contributed by atoms with E-state index in [1.165, 1.54) is 0 Å². The topological polar surface area (TPSA) is 72.5 Å². The number of hydrogen-bond donors (Lipinski definition) is 2. The van der Waals surface area contributed by atoms with E-state index in [2.05, 4.69) is 0 Å². The van der Waals surface area contributed by atoms with Gasteiger partial charge in [-0.15, -0.1) is 0 Å². The zero-order chi connectivity index (χ0) is 12.7. The normalized spacial score (nSPS) is 16.4. The zero-order valence-corrected chi connectivity index (χ0v) is 11.0. The Hall–Kier alpha value is -0.670. The fourth-order valence-corrected chi connectivity index (χ4v) is 4.01. The molecule has 1 unspecified atom stereocenters. The molecule has 1 rings (SSSR count). The van der Waals surface area contributed by atoms with E-state index in [1.54, 1.807) is 6.92 Å². The third kappa shape index (κ3) is 5.00. The molecule has 0 heterocycles. The molecule has 0 bridgehead atoms. The van der Waals surface area contributed by atoms with E-state index in [9.17, 15) is 9.67 Å². The summed E-state index contributed by atoms with van der Waals surface area (Å²) in [6.07, 6.45) is -0.304. The van der Waals surface area contributed by atoms with Gasteiger partial charge in [-0.1, -0.05) is 30.3 Å². The molecule has 17 heavy (non-hydrogen) atoms. The number of aliphatic hydroxyl groups is 1. The van der Waals surface area contributed by atoms with Crippen molar-refractivity contribution >= 4 is 7.37 Å². The van der Waals surface area contributed by atoms with Gasteiger partial charge >= 0.3 is 0 Å². The first-order chi connectivity index (χ1) is 8.09. The average molecular weight is 257 g/mol. The van der Waals surface area contributed by atoms with E-state index < -0.39 is 13.5 Å². The van der Waals surface area contributed by atoms with E-state index in [-0.39, 0.29) is 12.7 Å². The van der Waals surface area contributed by atoms with Gasteiger partial charge in [-0.2, -0.15) is 0 Å². The van der Waals surface area contributed by atoms with Crippen LogP contribution in [0.2, 0.25) is 0 Å². The lowest BCUT2D eigenvalue weighted by Gasteiger charge is -2.20. The molecular formula is C12H20NO3P. The van der Waals surface area contributed by atoms with E-state index in [0.717, 1.165) is 5.56 Å². The van der Waals surface area contributed by atoms with Gasteiger partial charge in [0.05, 0.1) is 18.9 Å². The molecule has 0 spiro atoms. The second-order valence-electron chi connectivity index (χ2n) is 3.95. The first kappa shape index (κ1) is 14.4. The number of rotatable bonds is 7. The van der Waals surface area contributed by atoms with Crippen LogP contribution in [0, 0.1) is 0 Å². The van der Waals surface area contributed by atoms with Crippen molar-refractivity contribution in [1.82, 2.24) is 0 Å². The Labute approximate surface area is 102 Å². The second-order valence-corrected chi connectivity index (χ2v) is 6.52. The van der Waals surface area contributed by atoms with Crippen LogP contribution < -0.4 is 5.73 Å². The second kappa shape index (κ2) is 6.92. The molecule has 1 aromatic carbocycles. The first-order valence-electron chi connectivity index (χ1n) is 5.74. The van der Waals surface area contributed by atoms with Crippen molar-refractivity contribution in [2.75, 3.05) is 19.3 Å². The SMILES string of the molecule is CCOP(=O)(Cc1ccccc1)C[C@H](O)CN. The van der Waals surface area contributed by atoms with E-state index in [4.69, 9.17) is 10.3 Å². The molecule has 0 saturated heterocycles. The summed E-state index contributed by atoms with van der Waals surface area (Å²) in [6.45, 7) is 2.28. The molecule has 2 atom stereocenters. The predicted molar refractivity (Wildman–Crippen MR) is 69.3 cm³/mol. The summed E-state index contributed by atoms with van der Waals surface area (Å²) in [5.41, 5.74) is 6.29. The van der Waals surface area contributed by atoms with Crippen molar-refractivity contribution in [3.63, 3.8) is 0 Å². The third-order valence-electron chi connectivity index (χ3n) is 2.39. The lowest BCUT2D eigenvalue weighted by atomic mass is 10.2. The van der Waals surface area contributed by atoms with Crippen molar-refractivity contribution in [3.8, 4) is 0 Å². The molecule has 0 aliphatic rings. The fourth-order valence-electron chi connectivity index (χ4n) is 1.66. The Morgan fingerprint density at radius 3 is 2.59 bits per heavy atom. The quantitative estimate of drug-likeness (QED) is 0.731. The van der Waals surface area contributed by atoms with Gasteiger partial charge in [0.15, 0.2) is 0 Å². The Morgan fingerprint density at radius 2 is 2.06 bits per heavy atom. The summed E-state index contributed by atoms with van der Waals surface area (Å²) in [4.78, 5) is 0. The molecule has 1 aromatic rings. The minimum absolute atomic E-state index is 0.103. The monoisotopic (exact) mass is 257 g/mol. The summed E-state index contributed by atoms with van der Waals surface area (Å²) >= 11 is 0. The highest BCUT2D eigenvalue weighted by Crippen LogP contribution is 2.50. The first-order valence-corrected chi connectivity index (χ1v) is 7.74. The Morgan fingerprint density at radius 1 is 1.41 bits per heavy atom. The molecule has 5 heteroatoms. The van der Waals surface area contributed by atoms with E-state index in [1.807, 2.05) is 30.3 Å². The van der Waals surface area contributed by atoms with Crippen LogP contribution in [0.15, 0.2) is 30.3 Å². The highest BCUT2D eigenvalue weighted by Gasteiger charge is 2.26. The third-order valence-corrected chi connectivity index (χ3v) is 4.95. The van der Waals surface area contributed by atoms with Gasteiger partial charge in [0.1, 0.15) is 0 Å². The lowest BCUT2D eigenvalue weighted by Crippen LogP contribution is -2.24. The molecule has 4 nitrogen and oxygen atoms in total. The predicted octanol–water partition coefficient (Wildman–Crippen LogP) is 1.82. The van der Waals surface area contributed by atoms with Crippen LogP contribution in [-0.4, -0.2) is 30.5 Å². The van der Waals surface area contributed by atoms with E-state index >= 15 is 0 Å². The van der Waals surface area contributed by atoms with Gasteiger partial charge in [0.25, 0.3) is 0 Å². The average Bonchev–Trinajstić information content (AvgIpc) is 2.30. The van der Waals surface area contributed by atoms with Gasteiger partial charge in [0, 0.05) is 12.7 Å². The maximum Gasteiger partial charge on any atom is 0.210 e. The summed E-state index contributed by atoms with van der Waals surface area (Å²) in [7, 11) is -2.84. The fraction of sp³-hybridized carbons (Fsp3) is 0.500. The van der Waals surface area contributed by atoms with E-state index in [0.29, 0.717) is 12.8 Å². The standard InChI is InChI=1S/C12H20NO3P/c1-2-16-17(15,10-12(14)8-13)9-11-6-4-3-5-7-11/h3-7,12,14H,2,8-10,13H2,1H3/t12-,17?/m1/s1. The van der Waals surface area contributed by atoms with Crippen molar-refractivity contribution < 1.29 is 14.2 Å². The molecular weight excluding hydrogens is 237 g/mol. The maximum atomic E-state index is 12.5. The van der Waals surface area contributed by atoms with Crippen LogP contribution in [0.5, 0.6) is 0 Å². The van der Waals surface area contributed by atoms with Gasteiger partial charge in [-0.05, 0) is 12.5 Å². The Balaban J connectivity index is 2.74. The molecule has 0 aliphatic carbocycles. The van der Waals surface area contributed by atoms with Gasteiger partial charge in [-0.25, -0.2) is 0 Å². The highest BCUT2D eigenvalue weighted by molar-refractivity contribution is 7.58. The molecule has 0 amide bonds. The minimum Gasteiger partial charge on any atom is -0.391 e. The van der Waals surface area contributed by atoms with Gasteiger partial charge in [0.2, 0.25) is 7.37 Å². The Bertz CT molecular complexity index is 369. The van der Waals surface area contributed by atoms with Crippen LogP contribution in [0.4, 0.5) is 0 Å². The van der Waals surface area contributed by atoms with Gasteiger partial charge < -0.3 is 15.4 Å². The largest absolute Gasteiger partial charge is 0.391 e. The van der Waals surface area contributed by atoms with Crippen molar-refractivity contribution in [2.24, 2.45) is 5.73 Å². The molecule has 0 saturated carbocycles. The van der Waals surface area contributed by atoms with Crippen molar-refractivity contribution in [2.45, 2.75) is 19.2 Å². The van der Waals surface area contributed by atoms with Gasteiger partial charge in [-0.3, -0.25) is 4.57 Å². The maximum absolute atomic E-state index is 12.5. The van der Waals surface area contributed by atoms with Crippen LogP contribution in [0.25, 0.3) is 0 Å². The van der Waals surface area contributed by atoms with Crippen molar-refractivity contribution in [1.29, 1.82) is 0 Å². The number of hydrogen-bond acceptors (Lipinski definition) is 4. The molecule has 0 aliphatic heterocycles. The highest BCUT2D eigenvalue weighted by atomic mass is 31.2. The molecule has 0 fully saturated rings. The number of nitrogens with two attached hydrogens (primary N) is 1. The molecule has 0 aromatic heterocycles.